The molecular weight excluding hydrogens is 482 g/mol. The molecule has 1 atom stereocenters. The van der Waals surface area contributed by atoms with E-state index in [1.165, 1.54) is 24.0 Å². The van der Waals surface area contributed by atoms with Crippen LogP contribution in [0.1, 0.15) is 50.2 Å². The molecule has 1 heterocycles. The summed E-state index contributed by atoms with van der Waals surface area (Å²) in [6, 6.07) is 27.3. The SMILES string of the molecule is CN(C)c1nc(N[C@H]2CC[C@@H](CNCCCC(O)c3ccc(-c4ccccc4)cc3)CC2)nc2ccccc12. The summed E-state index contributed by atoms with van der Waals surface area (Å²) in [4.78, 5) is 11.6. The number of nitrogens with zero attached hydrogens (tertiary/aromatic N) is 3. The lowest BCUT2D eigenvalue weighted by molar-refractivity contribution is 0.164. The standard InChI is InChI=1S/C33H41N5O/c1-38(2)32-29-11-6-7-12-30(29)36-33(37-32)35-28-20-14-24(15-21-28)23-34-22-8-13-31(39)27-18-16-26(17-19-27)25-9-4-3-5-10-25/h3-7,9-12,16-19,24,28,31,34,39H,8,13-15,20-23H2,1-2H3,(H,35,36,37)/t24-,28+,31?. The van der Waals surface area contributed by atoms with Gasteiger partial charge in [0.2, 0.25) is 5.95 Å². The maximum absolute atomic E-state index is 10.6. The van der Waals surface area contributed by atoms with E-state index in [-0.39, 0.29) is 0 Å². The third-order valence-electron chi connectivity index (χ3n) is 7.85. The number of aliphatic hydroxyl groups is 1. The van der Waals surface area contributed by atoms with Crippen LogP contribution in [0.5, 0.6) is 0 Å². The summed E-state index contributed by atoms with van der Waals surface area (Å²) in [5.41, 5.74) is 4.36. The molecule has 6 nitrogen and oxygen atoms in total. The minimum atomic E-state index is -0.413. The molecule has 0 aliphatic heterocycles. The van der Waals surface area contributed by atoms with Crippen molar-refractivity contribution in [2.24, 2.45) is 5.92 Å². The molecule has 204 valence electrons. The number of rotatable bonds is 11. The number of hydrogen-bond acceptors (Lipinski definition) is 6. The lowest BCUT2D eigenvalue weighted by Gasteiger charge is -2.29. The van der Waals surface area contributed by atoms with E-state index >= 15 is 0 Å². The van der Waals surface area contributed by atoms with Crippen molar-refractivity contribution in [3.05, 3.63) is 84.4 Å². The zero-order valence-corrected chi connectivity index (χ0v) is 23.2. The van der Waals surface area contributed by atoms with Gasteiger partial charge in [0.15, 0.2) is 0 Å². The number of para-hydroxylation sites is 1. The fourth-order valence-electron chi connectivity index (χ4n) is 5.58. The third kappa shape index (κ3) is 7.14. The van der Waals surface area contributed by atoms with Gasteiger partial charge in [-0.15, -0.1) is 0 Å². The number of hydrogen-bond donors (Lipinski definition) is 3. The van der Waals surface area contributed by atoms with Crippen LogP contribution >= 0.6 is 0 Å². The molecule has 1 fully saturated rings. The Hall–Kier alpha value is -3.48. The predicted molar refractivity (Wildman–Crippen MR) is 162 cm³/mol. The van der Waals surface area contributed by atoms with Crippen LogP contribution in [0.4, 0.5) is 11.8 Å². The van der Waals surface area contributed by atoms with Crippen molar-refractivity contribution in [1.29, 1.82) is 0 Å². The Morgan fingerprint density at radius 3 is 2.28 bits per heavy atom. The average Bonchev–Trinajstić information content (AvgIpc) is 2.98. The molecule has 1 aliphatic rings. The van der Waals surface area contributed by atoms with E-state index in [9.17, 15) is 5.11 Å². The summed E-state index contributed by atoms with van der Waals surface area (Å²) in [5.74, 6) is 2.39. The number of anilines is 2. The lowest BCUT2D eigenvalue weighted by atomic mass is 9.86. The van der Waals surface area contributed by atoms with Crippen molar-refractivity contribution in [2.45, 2.75) is 50.7 Å². The van der Waals surface area contributed by atoms with E-state index < -0.39 is 6.10 Å². The molecular formula is C33H41N5O. The lowest BCUT2D eigenvalue weighted by Crippen LogP contribution is -2.32. The predicted octanol–water partition coefficient (Wildman–Crippen LogP) is 6.44. The zero-order chi connectivity index (χ0) is 27.0. The normalized spacial score (nSPS) is 18.1. The van der Waals surface area contributed by atoms with Gasteiger partial charge in [0, 0.05) is 25.5 Å². The van der Waals surface area contributed by atoms with E-state index in [0.29, 0.717) is 12.0 Å². The van der Waals surface area contributed by atoms with Crippen molar-refractivity contribution >= 4 is 22.7 Å². The maximum atomic E-state index is 10.6. The Bertz CT molecular complexity index is 1320. The van der Waals surface area contributed by atoms with E-state index in [1.54, 1.807) is 0 Å². The second-order valence-corrected chi connectivity index (χ2v) is 11.0. The highest BCUT2D eigenvalue weighted by Crippen LogP contribution is 2.28. The second kappa shape index (κ2) is 13.0. The van der Waals surface area contributed by atoms with Crippen molar-refractivity contribution in [3.63, 3.8) is 0 Å². The first-order valence-corrected chi connectivity index (χ1v) is 14.3. The molecule has 0 saturated heterocycles. The van der Waals surface area contributed by atoms with E-state index in [4.69, 9.17) is 9.97 Å². The van der Waals surface area contributed by atoms with E-state index in [1.807, 2.05) is 32.3 Å². The number of nitrogens with one attached hydrogen (secondary N) is 2. The van der Waals surface area contributed by atoms with Crippen LogP contribution in [0.15, 0.2) is 78.9 Å². The third-order valence-corrected chi connectivity index (χ3v) is 7.85. The van der Waals surface area contributed by atoms with Crippen LogP contribution in [0, 0.1) is 5.92 Å². The molecule has 39 heavy (non-hydrogen) atoms. The number of benzene rings is 3. The first kappa shape index (κ1) is 27.1. The van der Waals surface area contributed by atoms with Crippen LogP contribution in [0.3, 0.4) is 0 Å². The molecule has 1 saturated carbocycles. The van der Waals surface area contributed by atoms with E-state index in [2.05, 4.69) is 76.2 Å². The fraction of sp³-hybridized carbons (Fsp3) is 0.394. The minimum absolute atomic E-state index is 0.413. The van der Waals surface area contributed by atoms with Crippen LogP contribution in [-0.2, 0) is 0 Å². The zero-order valence-electron chi connectivity index (χ0n) is 23.2. The van der Waals surface area contributed by atoms with Crippen LogP contribution in [0.2, 0.25) is 0 Å². The Kier molecular flexibility index (Phi) is 9.07. The van der Waals surface area contributed by atoms with E-state index in [0.717, 1.165) is 67.0 Å². The average molecular weight is 524 g/mol. The first-order valence-electron chi connectivity index (χ1n) is 14.3. The topological polar surface area (TPSA) is 73.3 Å². The molecule has 4 aromatic rings. The molecule has 3 N–H and O–H groups in total. The maximum Gasteiger partial charge on any atom is 0.225 e. The molecule has 1 aliphatic carbocycles. The highest BCUT2D eigenvalue weighted by molar-refractivity contribution is 5.90. The molecule has 0 radical (unpaired) electrons. The van der Waals surface area contributed by atoms with Gasteiger partial charge in [-0.05, 0) is 86.4 Å². The number of aliphatic hydroxyl groups excluding tert-OH is 1. The van der Waals surface area contributed by atoms with Gasteiger partial charge in [0.25, 0.3) is 0 Å². The molecule has 0 bridgehead atoms. The Morgan fingerprint density at radius 2 is 1.54 bits per heavy atom. The Morgan fingerprint density at radius 1 is 0.846 bits per heavy atom. The van der Waals surface area contributed by atoms with Crippen molar-refractivity contribution < 1.29 is 5.11 Å². The van der Waals surface area contributed by atoms with Gasteiger partial charge in [0.1, 0.15) is 5.82 Å². The summed E-state index contributed by atoms with van der Waals surface area (Å²) in [6.07, 6.45) is 6.00. The van der Waals surface area contributed by atoms with Gasteiger partial charge in [-0.3, -0.25) is 0 Å². The highest BCUT2D eigenvalue weighted by atomic mass is 16.3. The second-order valence-electron chi connectivity index (χ2n) is 11.0. The van der Waals surface area contributed by atoms with Gasteiger partial charge < -0.3 is 20.6 Å². The smallest absolute Gasteiger partial charge is 0.225 e. The number of aromatic nitrogens is 2. The van der Waals surface area contributed by atoms with Gasteiger partial charge in [-0.25, -0.2) is 4.98 Å². The first-order chi connectivity index (χ1) is 19.1. The summed E-state index contributed by atoms with van der Waals surface area (Å²) < 4.78 is 0. The van der Waals surface area contributed by atoms with Crippen molar-refractivity contribution in [2.75, 3.05) is 37.4 Å². The molecule has 6 heteroatoms. The van der Waals surface area contributed by atoms with Gasteiger partial charge in [-0.2, -0.15) is 4.98 Å². The quantitative estimate of drug-likeness (QED) is 0.197. The van der Waals surface area contributed by atoms with Crippen molar-refractivity contribution in [1.82, 2.24) is 15.3 Å². The monoisotopic (exact) mass is 523 g/mol. The summed E-state index contributed by atoms with van der Waals surface area (Å²) in [7, 11) is 4.06. The minimum Gasteiger partial charge on any atom is -0.388 e. The molecule has 1 unspecified atom stereocenters. The number of fused-ring (bicyclic) bond motifs is 1. The summed E-state index contributed by atoms with van der Waals surface area (Å²) in [5, 5.41) is 19.0. The molecule has 0 amide bonds. The fourth-order valence-corrected chi connectivity index (χ4v) is 5.58. The molecule has 0 spiro atoms. The molecule has 5 rings (SSSR count). The summed E-state index contributed by atoms with van der Waals surface area (Å²) >= 11 is 0. The van der Waals surface area contributed by atoms with Crippen LogP contribution < -0.4 is 15.5 Å². The van der Waals surface area contributed by atoms with Gasteiger partial charge in [0.05, 0.1) is 11.6 Å². The largest absolute Gasteiger partial charge is 0.388 e. The highest BCUT2D eigenvalue weighted by Gasteiger charge is 2.22. The Labute approximate surface area is 232 Å². The van der Waals surface area contributed by atoms with Crippen LogP contribution in [-0.4, -0.2) is 48.3 Å². The van der Waals surface area contributed by atoms with Crippen molar-refractivity contribution in [3.8, 4) is 11.1 Å². The molecule has 1 aromatic heterocycles. The summed E-state index contributed by atoms with van der Waals surface area (Å²) in [6.45, 7) is 1.99. The van der Waals surface area contributed by atoms with Gasteiger partial charge in [-0.1, -0.05) is 66.7 Å². The van der Waals surface area contributed by atoms with Gasteiger partial charge >= 0.3 is 0 Å². The van der Waals surface area contributed by atoms with Crippen LogP contribution in [0.25, 0.3) is 22.0 Å². The molecule has 3 aromatic carbocycles. The Balaban J connectivity index is 1.01.